The standard InChI is InChI=1S/C23H26N4O2/c1-16-10-11-20(29-16)14-24-23(28)18-7-5-6-17(12-18)21-13-22(26-15-25-21)27-19-8-3-2-4-9-19/h5-7,10-13,15,19H,2-4,8-9,14H2,1H3,(H,24,28)(H,25,26,27). The number of nitrogens with one attached hydrogen (secondary N) is 2. The summed E-state index contributed by atoms with van der Waals surface area (Å²) in [6, 6.07) is 13.7. The zero-order valence-corrected chi connectivity index (χ0v) is 16.6. The molecule has 1 aromatic carbocycles. The fourth-order valence-electron chi connectivity index (χ4n) is 3.72. The molecule has 150 valence electrons. The van der Waals surface area contributed by atoms with E-state index >= 15 is 0 Å². The summed E-state index contributed by atoms with van der Waals surface area (Å²) in [5.74, 6) is 2.26. The molecule has 1 saturated carbocycles. The van der Waals surface area contributed by atoms with Crippen LogP contribution in [0.1, 0.15) is 54.0 Å². The van der Waals surface area contributed by atoms with Crippen LogP contribution in [0.25, 0.3) is 11.3 Å². The average Bonchev–Trinajstić information content (AvgIpc) is 3.18. The van der Waals surface area contributed by atoms with Crippen molar-refractivity contribution in [2.45, 2.75) is 51.6 Å². The first kappa shape index (κ1) is 19.2. The lowest BCUT2D eigenvalue weighted by Crippen LogP contribution is -2.23. The van der Waals surface area contributed by atoms with Gasteiger partial charge in [-0.15, -0.1) is 0 Å². The molecule has 0 aliphatic heterocycles. The monoisotopic (exact) mass is 390 g/mol. The first-order valence-electron chi connectivity index (χ1n) is 10.2. The lowest BCUT2D eigenvalue weighted by Gasteiger charge is -2.23. The van der Waals surface area contributed by atoms with Crippen LogP contribution < -0.4 is 10.6 Å². The lowest BCUT2D eigenvalue weighted by molar-refractivity contribution is 0.0948. The molecule has 1 amide bonds. The minimum atomic E-state index is -0.143. The Balaban J connectivity index is 1.45. The number of furan rings is 1. The quantitative estimate of drug-likeness (QED) is 0.637. The van der Waals surface area contributed by atoms with Gasteiger partial charge in [-0.3, -0.25) is 4.79 Å². The summed E-state index contributed by atoms with van der Waals surface area (Å²) >= 11 is 0. The van der Waals surface area contributed by atoms with E-state index in [1.807, 2.05) is 43.3 Å². The van der Waals surface area contributed by atoms with Gasteiger partial charge in [0.2, 0.25) is 0 Å². The summed E-state index contributed by atoms with van der Waals surface area (Å²) in [5, 5.41) is 6.42. The Morgan fingerprint density at radius 2 is 1.97 bits per heavy atom. The largest absolute Gasteiger partial charge is 0.465 e. The second-order valence-corrected chi connectivity index (χ2v) is 7.54. The number of hydrogen-bond acceptors (Lipinski definition) is 5. The van der Waals surface area contributed by atoms with Crippen molar-refractivity contribution in [3.63, 3.8) is 0 Å². The summed E-state index contributed by atoms with van der Waals surface area (Å²) in [6.07, 6.45) is 7.80. The molecule has 4 rings (SSSR count). The lowest BCUT2D eigenvalue weighted by atomic mass is 9.95. The maximum absolute atomic E-state index is 12.5. The minimum absolute atomic E-state index is 0.143. The third kappa shape index (κ3) is 5.02. The van der Waals surface area contributed by atoms with Gasteiger partial charge in [-0.05, 0) is 44.0 Å². The first-order chi connectivity index (χ1) is 14.2. The number of benzene rings is 1. The fraction of sp³-hybridized carbons (Fsp3) is 0.348. The van der Waals surface area contributed by atoms with Gasteiger partial charge in [0.25, 0.3) is 5.91 Å². The normalized spacial score (nSPS) is 14.5. The Kier molecular flexibility index (Phi) is 5.89. The number of carbonyl (C=O) groups excluding carboxylic acids is 1. The Morgan fingerprint density at radius 1 is 1.10 bits per heavy atom. The van der Waals surface area contributed by atoms with Gasteiger partial charge in [0.05, 0.1) is 12.2 Å². The highest BCUT2D eigenvalue weighted by atomic mass is 16.3. The number of rotatable bonds is 6. The molecule has 0 atom stereocenters. The van der Waals surface area contributed by atoms with E-state index in [1.54, 1.807) is 12.4 Å². The second-order valence-electron chi connectivity index (χ2n) is 7.54. The van der Waals surface area contributed by atoms with Gasteiger partial charge in [-0.25, -0.2) is 9.97 Å². The predicted octanol–water partition coefficient (Wildman–Crippen LogP) is 4.72. The van der Waals surface area contributed by atoms with Crippen LogP contribution in [-0.4, -0.2) is 21.9 Å². The molecule has 0 radical (unpaired) electrons. The van der Waals surface area contributed by atoms with Crippen LogP contribution in [0.4, 0.5) is 5.82 Å². The molecule has 1 aliphatic carbocycles. The molecule has 6 heteroatoms. The van der Waals surface area contributed by atoms with Gasteiger partial charge in [-0.1, -0.05) is 31.4 Å². The van der Waals surface area contributed by atoms with Crippen molar-refractivity contribution in [2.75, 3.05) is 5.32 Å². The topological polar surface area (TPSA) is 80.0 Å². The van der Waals surface area contributed by atoms with Crippen LogP contribution in [0.3, 0.4) is 0 Å². The van der Waals surface area contributed by atoms with Crippen molar-refractivity contribution in [1.82, 2.24) is 15.3 Å². The molecule has 0 bridgehead atoms. The zero-order chi connectivity index (χ0) is 20.1. The van der Waals surface area contributed by atoms with Gasteiger partial charge in [-0.2, -0.15) is 0 Å². The molecule has 2 heterocycles. The van der Waals surface area contributed by atoms with Gasteiger partial charge in [0, 0.05) is 23.2 Å². The molecule has 2 N–H and O–H groups in total. The van der Waals surface area contributed by atoms with Crippen LogP contribution in [-0.2, 0) is 6.54 Å². The number of amides is 1. The van der Waals surface area contributed by atoms with Crippen molar-refractivity contribution < 1.29 is 9.21 Å². The molecule has 2 aromatic heterocycles. The van der Waals surface area contributed by atoms with Crippen molar-refractivity contribution in [3.8, 4) is 11.3 Å². The third-order valence-electron chi connectivity index (χ3n) is 5.26. The van der Waals surface area contributed by atoms with E-state index in [0.29, 0.717) is 18.2 Å². The summed E-state index contributed by atoms with van der Waals surface area (Å²) in [4.78, 5) is 21.3. The van der Waals surface area contributed by atoms with E-state index in [4.69, 9.17) is 4.42 Å². The van der Waals surface area contributed by atoms with Crippen LogP contribution in [0.15, 0.2) is 53.2 Å². The molecule has 1 aliphatic rings. The van der Waals surface area contributed by atoms with Gasteiger partial charge in [0.1, 0.15) is 23.7 Å². The highest BCUT2D eigenvalue weighted by Gasteiger charge is 2.14. The third-order valence-corrected chi connectivity index (χ3v) is 5.26. The maximum Gasteiger partial charge on any atom is 0.251 e. The Hall–Kier alpha value is -3.15. The average molecular weight is 390 g/mol. The molecule has 6 nitrogen and oxygen atoms in total. The van der Waals surface area contributed by atoms with E-state index < -0.39 is 0 Å². The highest BCUT2D eigenvalue weighted by molar-refractivity contribution is 5.95. The Labute approximate surface area is 170 Å². The first-order valence-corrected chi connectivity index (χ1v) is 10.2. The summed E-state index contributed by atoms with van der Waals surface area (Å²) in [6.45, 7) is 2.24. The molecule has 0 unspecified atom stereocenters. The molecule has 29 heavy (non-hydrogen) atoms. The number of anilines is 1. The van der Waals surface area contributed by atoms with Crippen molar-refractivity contribution in [2.24, 2.45) is 0 Å². The van der Waals surface area contributed by atoms with Gasteiger partial charge >= 0.3 is 0 Å². The molecule has 3 aromatic rings. The fourth-order valence-corrected chi connectivity index (χ4v) is 3.72. The number of nitrogens with zero attached hydrogens (tertiary/aromatic N) is 2. The smallest absolute Gasteiger partial charge is 0.251 e. The Bertz CT molecular complexity index is 976. The number of aryl methyl sites for hydroxylation is 1. The maximum atomic E-state index is 12.5. The molecular formula is C23H26N4O2. The van der Waals surface area contributed by atoms with E-state index in [0.717, 1.165) is 28.6 Å². The predicted molar refractivity (Wildman–Crippen MR) is 113 cm³/mol. The van der Waals surface area contributed by atoms with Crippen LogP contribution in [0.5, 0.6) is 0 Å². The summed E-state index contributed by atoms with van der Waals surface area (Å²) in [5.41, 5.74) is 2.28. The van der Waals surface area contributed by atoms with Gasteiger partial charge < -0.3 is 15.1 Å². The van der Waals surface area contributed by atoms with Gasteiger partial charge in [0.15, 0.2) is 0 Å². The van der Waals surface area contributed by atoms with Crippen LogP contribution >= 0.6 is 0 Å². The number of aromatic nitrogens is 2. The molecule has 0 spiro atoms. The van der Waals surface area contributed by atoms with E-state index in [9.17, 15) is 4.79 Å². The highest BCUT2D eigenvalue weighted by Crippen LogP contribution is 2.24. The SMILES string of the molecule is Cc1ccc(CNC(=O)c2cccc(-c3cc(NC4CCCCC4)ncn3)c2)o1. The molecular weight excluding hydrogens is 364 g/mol. The van der Waals surface area contributed by atoms with Crippen molar-refractivity contribution >= 4 is 11.7 Å². The van der Waals surface area contributed by atoms with E-state index in [-0.39, 0.29) is 5.91 Å². The molecule has 0 saturated heterocycles. The van der Waals surface area contributed by atoms with E-state index in [2.05, 4.69) is 20.6 Å². The van der Waals surface area contributed by atoms with Crippen molar-refractivity contribution in [1.29, 1.82) is 0 Å². The zero-order valence-electron chi connectivity index (χ0n) is 16.6. The molecule has 1 fully saturated rings. The van der Waals surface area contributed by atoms with Crippen LogP contribution in [0.2, 0.25) is 0 Å². The Morgan fingerprint density at radius 3 is 2.76 bits per heavy atom. The van der Waals surface area contributed by atoms with E-state index in [1.165, 1.54) is 32.1 Å². The minimum Gasteiger partial charge on any atom is -0.465 e. The summed E-state index contributed by atoms with van der Waals surface area (Å²) in [7, 11) is 0. The van der Waals surface area contributed by atoms with Crippen LogP contribution in [0, 0.1) is 6.92 Å². The second kappa shape index (κ2) is 8.90. The van der Waals surface area contributed by atoms with Crippen molar-refractivity contribution in [3.05, 3.63) is 65.9 Å². The number of carbonyl (C=O) groups is 1. The summed E-state index contributed by atoms with van der Waals surface area (Å²) < 4.78 is 5.50. The number of hydrogen-bond donors (Lipinski definition) is 2.